The zero-order valence-corrected chi connectivity index (χ0v) is 11.3. The highest BCUT2D eigenvalue weighted by atomic mass is 32.1. The van der Waals surface area contributed by atoms with E-state index in [1.165, 1.54) is 5.51 Å². The zero-order valence-electron chi connectivity index (χ0n) is 10.5. The van der Waals surface area contributed by atoms with Gasteiger partial charge in [0.25, 0.3) is 0 Å². The van der Waals surface area contributed by atoms with Gasteiger partial charge in [-0.3, -0.25) is 4.79 Å². The molecule has 0 aromatic carbocycles. The van der Waals surface area contributed by atoms with Crippen molar-refractivity contribution in [1.29, 1.82) is 0 Å². The number of carboxylic acid groups (broad SMARTS) is 1. The van der Waals surface area contributed by atoms with Crippen molar-refractivity contribution in [3.8, 4) is 0 Å². The molecule has 0 spiro atoms. The van der Waals surface area contributed by atoms with Crippen LogP contribution < -0.4 is 5.73 Å². The lowest BCUT2D eigenvalue weighted by molar-refractivity contribution is -0.138. The Bertz CT molecular complexity index is 450. The Labute approximate surface area is 109 Å². The molecule has 0 fully saturated rings. The fourth-order valence-corrected chi connectivity index (χ4v) is 1.90. The van der Waals surface area contributed by atoms with E-state index in [1.54, 1.807) is 20.8 Å². The lowest BCUT2D eigenvalue weighted by atomic mass is 10.1. The summed E-state index contributed by atoms with van der Waals surface area (Å²) in [5, 5.41) is 8.73. The first-order valence-corrected chi connectivity index (χ1v) is 6.23. The molecule has 0 saturated heterocycles. The van der Waals surface area contributed by atoms with Gasteiger partial charge >= 0.3 is 11.9 Å². The monoisotopic (exact) mass is 272 g/mol. The average molecular weight is 272 g/mol. The van der Waals surface area contributed by atoms with E-state index in [4.69, 9.17) is 15.6 Å². The molecule has 1 aromatic heterocycles. The molecule has 0 bridgehead atoms. The van der Waals surface area contributed by atoms with Crippen molar-refractivity contribution in [3.05, 3.63) is 16.1 Å². The molecule has 0 unspecified atom stereocenters. The van der Waals surface area contributed by atoms with E-state index in [0.717, 1.165) is 11.3 Å². The summed E-state index contributed by atoms with van der Waals surface area (Å²) < 4.78 is 5.21. The summed E-state index contributed by atoms with van der Waals surface area (Å²) in [6.07, 6.45) is 0.00735. The summed E-state index contributed by atoms with van der Waals surface area (Å²) >= 11 is 1.12. The van der Waals surface area contributed by atoms with Gasteiger partial charge in [0.2, 0.25) is 0 Å². The van der Waals surface area contributed by atoms with Gasteiger partial charge in [-0.25, -0.2) is 9.78 Å². The predicted molar refractivity (Wildman–Crippen MR) is 66.6 cm³/mol. The normalized spacial score (nSPS) is 13.1. The summed E-state index contributed by atoms with van der Waals surface area (Å²) in [6, 6.07) is -1.08. The number of aromatic nitrogens is 1. The highest BCUT2D eigenvalue weighted by Crippen LogP contribution is 2.19. The number of carboxylic acids is 1. The van der Waals surface area contributed by atoms with Crippen molar-refractivity contribution in [2.45, 2.75) is 38.8 Å². The lowest BCUT2D eigenvalue weighted by Gasteiger charge is -2.19. The van der Waals surface area contributed by atoms with Crippen LogP contribution in [0.2, 0.25) is 0 Å². The van der Waals surface area contributed by atoms with Gasteiger partial charge in [-0.1, -0.05) is 0 Å². The van der Waals surface area contributed by atoms with Gasteiger partial charge < -0.3 is 15.6 Å². The highest BCUT2D eigenvalue weighted by Gasteiger charge is 2.24. The van der Waals surface area contributed by atoms with Crippen molar-refractivity contribution in [3.63, 3.8) is 0 Å². The topological polar surface area (TPSA) is 103 Å². The molecule has 1 rings (SSSR count). The van der Waals surface area contributed by atoms with Gasteiger partial charge in [-0.15, -0.1) is 11.3 Å². The van der Waals surface area contributed by atoms with E-state index >= 15 is 0 Å². The van der Waals surface area contributed by atoms with Crippen LogP contribution in [0.4, 0.5) is 0 Å². The fourth-order valence-electron chi connectivity index (χ4n) is 1.20. The van der Waals surface area contributed by atoms with E-state index in [9.17, 15) is 9.59 Å². The van der Waals surface area contributed by atoms with E-state index in [0.29, 0.717) is 10.6 Å². The molecule has 6 nitrogen and oxygen atoms in total. The van der Waals surface area contributed by atoms with Crippen molar-refractivity contribution in [2.24, 2.45) is 5.73 Å². The third kappa shape index (κ3) is 4.08. The molecule has 0 amide bonds. The Kier molecular flexibility index (Phi) is 4.42. The van der Waals surface area contributed by atoms with Crippen LogP contribution in [0.15, 0.2) is 5.51 Å². The molecular weight excluding hydrogens is 256 g/mol. The molecule has 1 aromatic rings. The number of thiazole rings is 1. The minimum absolute atomic E-state index is 0.00735. The van der Waals surface area contributed by atoms with E-state index in [-0.39, 0.29) is 6.42 Å². The van der Waals surface area contributed by atoms with E-state index < -0.39 is 23.6 Å². The first kappa shape index (κ1) is 14.6. The Hall–Kier alpha value is -1.47. The van der Waals surface area contributed by atoms with Gasteiger partial charge in [-0.2, -0.15) is 0 Å². The first-order valence-electron chi connectivity index (χ1n) is 5.35. The van der Waals surface area contributed by atoms with Crippen LogP contribution in [0.5, 0.6) is 0 Å². The van der Waals surface area contributed by atoms with Crippen molar-refractivity contribution in [2.75, 3.05) is 0 Å². The molecule has 100 valence electrons. The number of carbonyl (C=O) groups is 2. The standard InChI is InChI=1S/C11H16N2O4S/c1-11(2,3)17-10(16)8-7(13-5-18-8)4-6(12)9(14)15/h5-6H,4,12H2,1-3H3,(H,14,15)/t6-/m0/s1. The Balaban J connectivity index is 2.82. The number of ether oxygens (including phenoxy) is 1. The van der Waals surface area contributed by atoms with Gasteiger partial charge in [-0.05, 0) is 20.8 Å². The second-order valence-electron chi connectivity index (χ2n) is 4.78. The van der Waals surface area contributed by atoms with Gasteiger partial charge in [0.15, 0.2) is 0 Å². The number of carbonyl (C=O) groups excluding carboxylic acids is 1. The number of aliphatic carboxylic acids is 1. The summed E-state index contributed by atoms with van der Waals surface area (Å²) in [6.45, 7) is 5.28. The fraction of sp³-hybridized carbons (Fsp3) is 0.545. The number of esters is 1. The molecule has 0 radical (unpaired) electrons. The Morgan fingerprint density at radius 2 is 2.17 bits per heavy atom. The van der Waals surface area contributed by atoms with Crippen molar-refractivity contribution in [1.82, 2.24) is 4.98 Å². The molecule has 3 N–H and O–H groups in total. The molecule has 1 atom stereocenters. The van der Waals surface area contributed by atoms with E-state index in [1.807, 2.05) is 0 Å². The van der Waals surface area contributed by atoms with Crippen molar-refractivity contribution < 1.29 is 19.4 Å². The quantitative estimate of drug-likeness (QED) is 0.794. The molecule has 0 saturated carbocycles. The second-order valence-corrected chi connectivity index (χ2v) is 5.63. The minimum atomic E-state index is -1.13. The summed E-state index contributed by atoms with van der Waals surface area (Å²) in [7, 11) is 0. The number of rotatable bonds is 4. The largest absolute Gasteiger partial charge is 0.480 e. The molecule has 7 heteroatoms. The number of hydrogen-bond donors (Lipinski definition) is 2. The minimum Gasteiger partial charge on any atom is -0.480 e. The van der Waals surface area contributed by atoms with Crippen LogP contribution in [0.3, 0.4) is 0 Å². The molecule has 1 heterocycles. The Morgan fingerprint density at radius 1 is 1.56 bits per heavy atom. The van der Waals surface area contributed by atoms with Gasteiger partial charge in [0.05, 0.1) is 11.2 Å². The van der Waals surface area contributed by atoms with Crippen molar-refractivity contribution >= 4 is 23.3 Å². The van der Waals surface area contributed by atoms with Gasteiger partial charge in [0.1, 0.15) is 16.5 Å². The van der Waals surface area contributed by atoms with Crippen LogP contribution in [0, 0.1) is 0 Å². The maximum atomic E-state index is 11.9. The smallest absolute Gasteiger partial charge is 0.350 e. The molecule has 0 aliphatic rings. The second kappa shape index (κ2) is 5.45. The van der Waals surface area contributed by atoms with Crippen LogP contribution in [-0.4, -0.2) is 33.7 Å². The highest BCUT2D eigenvalue weighted by molar-refractivity contribution is 7.11. The molecular formula is C11H16N2O4S. The average Bonchev–Trinajstić information content (AvgIpc) is 2.62. The third-order valence-electron chi connectivity index (χ3n) is 1.96. The molecule has 0 aliphatic heterocycles. The number of nitrogens with two attached hydrogens (primary N) is 1. The van der Waals surface area contributed by atoms with Crippen LogP contribution in [0.1, 0.15) is 36.1 Å². The third-order valence-corrected chi connectivity index (χ3v) is 2.80. The number of hydrogen-bond acceptors (Lipinski definition) is 6. The molecule has 0 aliphatic carbocycles. The predicted octanol–water partition coefficient (Wildman–Crippen LogP) is 1.05. The summed E-state index contributed by atoms with van der Waals surface area (Å²) in [5.74, 6) is -1.63. The van der Waals surface area contributed by atoms with Gasteiger partial charge in [0, 0.05) is 6.42 Å². The maximum Gasteiger partial charge on any atom is 0.350 e. The molecule has 18 heavy (non-hydrogen) atoms. The zero-order chi connectivity index (χ0) is 13.9. The summed E-state index contributed by atoms with van der Waals surface area (Å²) in [4.78, 5) is 26.8. The first-order chi connectivity index (χ1) is 8.20. The number of nitrogens with zero attached hydrogens (tertiary/aromatic N) is 1. The van der Waals surface area contributed by atoms with E-state index in [2.05, 4.69) is 4.98 Å². The summed E-state index contributed by atoms with van der Waals surface area (Å²) in [5.41, 5.74) is 6.65. The van der Waals surface area contributed by atoms with Crippen LogP contribution in [-0.2, 0) is 16.0 Å². The van der Waals surface area contributed by atoms with Crippen LogP contribution >= 0.6 is 11.3 Å². The van der Waals surface area contributed by atoms with Crippen LogP contribution in [0.25, 0.3) is 0 Å². The Morgan fingerprint density at radius 3 is 2.67 bits per heavy atom. The maximum absolute atomic E-state index is 11.9. The SMILES string of the molecule is CC(C)(C)OC(=O)c1scnc1C[C@H](N)C(=O)O. The lowest BCUT2D eigenvalue weighted by Crippen LogP contribution is -2.33.